The highest BCUT2D eigenvalue weighted by atomic mass is 16.5. The van der Waals surface area contributed by atoms with Gasteiger partial charge in [-0.15, -0.1) is 0 Å². The third kappa shape index (κ3) is 4.16. The first-order valence-electron chi connectivity index (χ1n) is 9.85. The van der Waals surface area contributed by atoms with E-state index in [1.54, 1.807) is 7.11 Å². The fraction of sp³-hybridized carbons (Fsp3) is 0.545. The molecule has 1 N–H and O–H groups in total. The van der Waals surface area contributed by atoms with Crippen LogP contribution in [-0.2, 0) is 27.3 Å². The Hall–Kier alpha value is -2.50. The average Bonchev–Trinajstić information content (AvgIpc) is 3.31. The number of carbonyl (C=O) groups is 2. The molecule has 0 amide bonds. The van der Waals surface area contributed by atoms with Gasteiger partial charge in [-0.3, -0.25) is 4.79 Å². The molecule has 0 unspecified atom stereocenters. The predicted molar refractivity (Wildman–Crippen MR) is 104 cm³/mol. The van der Waals surface area contributed by atoms with Gasteiger partial charge in [0, 0.05) is 17.5 Å². The van der Waals surface area contributed by atoms with Gasteiger partial charge in [-0.2, -0.15) is 0 Å². The van der Waals surface area contributed by atoms with Crippen LogP contribution >= 0.6 is 0 Å². The average molecular weight is 388 g/mol. The van der Waals surface area contributed by atoms with Gasteiger partial charge in [0.2, 0.25) is 0 Å². The zero-order valence-electron chi connectivity index (χ0n) is 16.8. The fourth-order valence-electron chi connectivity index (χ4n) is 3.96. The quantitative estimate of drug-likeness (QED) is 0.559. The Balaban J connectivity index is 1.67. The third-order valence-electron chi connectivity index (χ3n) is 5.63. The van der Waals surface area contributed by atoms with Crippen molar-refractivity contribution in [3.8, 4) is 11.5 Å². The number of esters is 2. The number of phenols is 1. The van der Waals surface area contributed by atoms with Gasteiger partial charge < -0.3 is 19.3 Å². The number of hydrogen-bond donors (Lipinski definition) is 1. The third-order valence-corrected chi connectivity index (χ3v) is 5.63. The van der Waals surface area contributed by atoms with Crippen molar-refractivity contribution in [1.82, 2.24) is 0 Å². The number of ether oxygens (including phenoxy) is 3. The van der Waals surface area contributed by atoms with Gasteiger partial charge in [-0.25, -0.2) is 4.79 Å². The van der Waals surface area contributed by atoms with Crippen LogP contribution in [-0.4, -0.2) is 30.3 Å². The van der Waals surface area contributed by atoms with Crippen LogP contribution in [0, 0.1) is 6.92 Å². The smallest absolute Gasteiger partial charge is 0.342 e. The number of hydrogen-bond acceptors (Lipinski definition) is 6. The molecule has 1 aliphatic carbocycles. The van der Waals surface area contributed by atoms with E-state index in [2.05, 4.69) is 0 Å². The summed E-state index contributed by atoms with van der Waals surface area (Å²) in [5.74, 6) is -0.171. The minimum atomic E-state index is -0.505. The summed E-state index contributed by atoms with van der Waals surface area (Å²) >= 11 is 0. The minimum Gasteiger partial charge on any atom is -0.507 e. The van der Waals surface area contributed by atoms with E-state index in [1.807, 2.05) is 19.9 Å². The summed E-state index contributed by atoms with van der Waals surface area (Å²) in [6, 6.07) is 0. The number of fused-ring (bicyclic) bond motifs is 1. The zero-order valence-corrected chi connectivity index (χ0v) is 16.8. The molecule has 1 heterocycles. The lowest BCUT2D eigenvalue weighted by molar-refractivity contribution is -0.148. The monoisotopic (exact) mass is 388 g/mol. The number of carbonyl (C=O) groups excluding carboxylic acids is 2. The summed E-state index contributed by atoms with van der Waals surface area (Å²) in [6.07, 6.45) is 7.60. The molecule has 152 valence electrons. The molecule has 0 aromatic heterocycles. The van der Waals surface area contributed by atoms with Gasteiger partial charge in [0.05, 0.1) is 7.11 Å². The maximum atomic E-state index is 12.0. The van der Waals surface area contributed by atoms with Crippen molar-refractivity contribution in [2.24, 2.45) is 0 Å². The molecule has 0 radical (unpaired) electrons. The lowest BCUT2D eigenvalue weighted by Crippen LogP contribution is -2.14. The Labute approximate surface area is 165 Å². The maximum Gasteiger partial charge on any atom is 0.342 e. The number of aromatic hydroxyl groups is 1. The maximum absolute atomic E-state index is 12.0. The Kier molecular flexibility index (Phi) is 6.27. The molecule has 1 aromatic rings. The summed E-state index contributed by atoms with van der Waals surface area (Å²) in [6.45, 7) is 3.96. The molecule has 1 saturated carbocycles. The predicted octanol–water partition coefficient (Wildman–Crippen LogP) is 4.13. The second kappa shape index (κ2) is 8.67. The molecule has 0 saturated heterocycles. The Morgan fingerprint density at radius 2 is 2.00 bits per heavy atom. The van der Waals surface area contributed by atoms with Gasteiger partial charge in [-0.1, -0.05) is 11.6 Å². The first kappa shape index (κ1) is 20.2. The normalized spacial score (nSPS) is 16.8. The van der Waals surface area contributed by atoms with Crippen LogP contribution in [0.4, 0.5) is 0 Å². The van der Waals surface area contributed by atoms with E-state index < -0.39 is 5.97 Å². The zero-order chi connectivity index (χ0) is 20.3. The molecule has 3 rings (SSSR count). The van der Waals surface area contributed by atoms with E-state index in [1.165, 1.54) is 0 Å². The molecule has 6 heteroatoms. The van der Waals surface area contributed by atoms with E-state index in [4.69, 9.17) is 14.2 Å². The van der Waals surface area contributed by atoms with Crippen LogP contribution < -0.4 is 4.74 Å². The SMILES string of the molecule is COc1c(C)c2c(c(O)c1C/C=C(\C)CCC(=O)OC1CCCC1)C(=O)OC2. The van der Waals surface area contributed by atoms with Gasteiger partial charge in [-0.05, 0) is 57.9 Å². The van der Waals surface area contributed by atoms with Gasteiger partial charge in [0.25, 0.3) is 0 Å². The summed E-state index contributed by atoms with van der Waals surface area (Å²) in [5.41, 5.74) is 3.30. The highest BCUT2D eigenvalue weighted by Crippen LogP contribution is 2.42. The molecule has 0 atom stereocenters. The van der Waals surface area contributed by atoms with Crippen molar-refractivity contribution >= 4 is 11.9 Å². The Morgan fingerprint density at radius 1 is 1.29 bits per heavy atom. The Bertz CT molecular complexity index is 802. The van der Waals surface area contributed by atoms with E-state index in [0.717, 1.165) is 36.8 Å². The van der Waals surface area contributed by atoms with E-state index in [-0.39, 0.29) is 30.0 Å². The molecule has 0 bridgehead atoms. The van der Waals surface area contributed by atoms with Crippen LogP contribution in [0.5, 0.6) is 11.5 Å². The summed E-state index contributed by atoms with van der Waals surface area (Å²) in [7, 11) is 1.55. The Morgan fingerprint density at radius 3 is 2.68 bits per heavy atom. The lowest BCUT2D eigenvalue weighted by atomic mass is 9.94. The first-order chi connectivity index (χ1) is 13.4. The van der Waals surface area contributed by atoms with Crippen LogP contribution in [0.15, 0.2) is 11.6 Å². The van der Waals surface area contributed by atoms with Crippen molar-refractivity contribution in [3.05, 3.63) is 33.9 Å². The number of rotatable bonds is 7. The van der Waals surface area contributed by atoms with Gasteiger partial charge in [0.1, 0.15) is 29.8 Å². The molecular formula is C22H28O6. The van der Waals surface area contributed by atoms with E-state index >= 15 is 0 Å². The number of methoxy groups -OCH3 is 1. The molecular weight excluding hydrogens is 360 g/mol. The second-order valence-corrected chi connectivity index (χ2v) is 7.57. The summed E-state index contributed by atoms with van der Waals surface area (Å²) in [4.78, 5) is 23.9. The molecule has 2 aliphatic rings. The fourth-order valence-corrected chi connectivity index (χ4v) is 3.96. The van der Waals surface area contributed by atoms with E-state index in [9.17, 15) is 14.7 Å². The van der Waals surface area contributed by atoms with Crippen molar-refractivity contribution in [2.45, 2.75) is 71.5 Å². The highest BCUT2D eigenvalue weighted by molar-refractivity contribution is 5.98. The van der Waals surface area contributed by atoms with Crippen molar-refractivity contribution < 1.29 is 28.9 Å². The van der Waals surface area contributed by atoms with Crippen LogP contribution in [0.25, 0.3) is 0 Å². The topological polar surface area (TPSA) is 82.1 Å². The van der Waals surface area contributed by atoms with Crippen LogP contribution in [0.2, 0.25) is 0 Å². The minimum absolute atomic E-state index is 0.0790. The molecule has 1 fully saturated rings. The second-order valence-electron chi connectivity index (χ2n) is 7.57. The molecule has 6 nitrogen and oxygen atoms in total. The largest absolute Gasteiger partial charge is 0.507 e. The summed E-state index contributed by atoms with van der Waals surface area (Å²) < 4.78 is 16.0. The van der Waals surface area contributed by atoms with Crippen LogP contribution in [0.3, 0.4) is 0 Å². The van der Waals surface area contributed by atoms with Crippen LogP contribution in [0.1, 0.15) is 72.5 Å². The van der Waals surface area contributed by atoms with E-state index in [0.29, 0.717) is 36.1 Å². The molecule has 1 aliphatic heterocycles. The van der Waals surface area contributed by atoms with Crippen molar-refractivity contribution in [3.63, 3.8) is 0 Å². The van der Waals surface area contributed by atoms with Crippen molar-refractivity contribution in [2.75, 3.05) is 7.11 Å². The number of phenolic OH excluding ortho intramolecular Hbond substituents is 1. The highest BCUT2D eigenvalue weighted by Gasteiger charge is 2.31. The van der Waals surface area contributed by atoms with Gasteiger partial charge >= 0.3 is 11.9 Å². The molecule has 28 heavy (non-hydrogen) atoms. The van der Waals surface area contributed by atoms with Gasteiger partial charge in [0.15, 0.2) is 0 Å². The number of allylic oxidation sites excluding steroid dienone is 2. The summed E-state index contributed by atoms with van der Waals surface area (Å²) in [5, 5.41) is 10.6. The van der Waals surface area contributed by atoms with Crippen molar-refractivity contribution in [1.29, 1.82) is 0 Å². The molecule has 0 spiro atoms. The number of cyclic esters (lactones) is 1. The lowest BCUT2D eigenvalue weighted by Gasteiger charge is -2.16. The number of benzene rings is 1. The molecule has 1 aromatic carbocycles. The first-order valence-corrected chi connectivity index (χ1v) is 9.85. The standard InChI is InChI=1S/C22H28O6/c1-13(9-11-18(23)28-15-6-4-5-7-15)8-10-16-20(24)19-17(12-27-22(19)25)14(2)21(16)26-3/h8,15,24H,4-7,9-12H2,1-3H3/b13-8+.